The zero-order valence-electron chi connectivity index (χ0n) is 43.4. The Morgan fingerprint density at radius 3 is 1.05 bits per heavy atom. The number of ether oxygens (including phenoxy) is 3. The second-order valence-electron chi connectivity index (χ2n) is 18.5. The van der Waals surface area contributed by atoms with Gasteiger partial charge >= 0.3 is 17.9 Å². The summed E-state index contributed by atoms with van der Waals surface area (Å²) in [6, 6.07) is 0. The minimum Gasteiger partial charge on any atom is -0.462 e. The number of carbonyl (C=O) groups excluding carboxylic acids is 3. The Kier molecular flexibility index (Phi) is 51.9. The Bertz CT molecular complexity index is 1240. The molecule has 6 nitrogen and oxygen atoms in total. The SMILES string of the molecule is CCCCC/C=C\C/C=C\CCCCCCCCCC(=O)OC(COC(=O)CC/C=C\C/C=C\CCCCCCCC)COC(=O)CCCCCCC/C=C\C=C/CCCCCCCCC. The predicted molar refractivity (Wildman–Crippen MR) is 284 cm³/mol. The topological polar surface area (TPSA) is 78.9 Å². The summed E-state index contributed by atoms with van der Waals surface area (Å²) in [5, 5.41) is 0. The van der Waals surface area contributed by atoms with Crippen LogP contribution in [0.3, 0.4) is 0 Å². The lowest BCUT2D eigenvalue weighted by molar-refractivity contribution is -0.166. The van der Waals surface area contributed by atoms with E-state index in [1.54, 1.807) is 0 Å². The molecule has 0 N–H and O–H groups in total. The van der Waals surface area contributed by atoms with E-state index >= 15 is 0 Å². The summed E-state index contributed by atoms with van der Waals surface area (Å²) in [6.07, 6.45) is 69.0. The van der Waals surface area contributed by atoms with Crippen LogP contribution in [-0.2, 0) is 28.6 Å². The van der Waals surface area contributed by atoms with Crippen molar-refractivity contribution in [3.05, 3.63) is 72.9 Å². The van der Waals surface area contributed by atoms with Crippen LogP contribution in [0.4, 0.5) is 0 Å². The molecule has 0 rings (SSSR count). The first-order chi connectivity index (χ1) is 32.5. The third kappa shape index (κ3) is 51.8. The lowest BCUT2D eigenvalue weighted by Crippen LogP contribution is -2.30. The van der Waals surface area contributed by atoms with Crippen molar-refractivity contribution >= 4 is 17.9 Å². The van der Waals surface area contributed by atoms with E-state index in [-0.39, 0.29) is 37.5 Å². The molecule has 6 heteroatoms. The number of hydrogen-bond donors (Lipinski definition) is 0. The highest BCUT2D eigenvalue weighted by Crippen LogP contribution is 2.14. The zero-order valence-corrected chi connectivity index (χ0v) is 43.4. The molecule has 1 atom stereocenters. The summed E-state index contributed by atoms with van der Waals surface area (Å²) in [7, 11) is 0. The molecule has 0 saturated heterocycles. The van der Waals surface area contributed by atoms with Gasteiger partial charge in [-0.1, -0.05) is 229 Å². The third-order valence-electron chi connectivity index (χ3n) is 11.9. The van der Waals surface area contributed by atoms with E-state index in [0.29, 0.717) is 19.3 Å². The molecule has 380 valence electrons. The molecule has 0 aliphatic carbocycles. The van der Waals surface area contributed by atoms with E-state index in [2.05, 4.69) is 87.6 Å². The Hall–Kier alpha value is -3.15. The van der Waals surface area contributed by atoms with E-state index in [4.69, 9.17) is 14.2 Å². The van der Waals surface area contributed by atoms with Crippen molar-refractivity contribution in [2.24, 2.45) is 0 Å². The number of esters is 3. The average Bonchev–Trinajstić information content (AvgIpc) is 3.31. The molecule has 0 aromatic carbocycles. The summed E-state index contributed by atoms with van der Waals surface area (Å²) in [6.45, 7) is 6.54. The Balaban J connectivity index is 4.46. The van der Waals surface area contributed by atoms with Gasteiger partial charge in [-0.25, -0.2) is 0 Å². The van der Waals surface area contributed by atoms with E-state index in [1.807, 2.05) is 6.08 Å². The van der Waals surface area contributed by atoms with Crippen molar-refractivity contribution in [2.75, 3.05) is 13.2 Å². The van der Waals surface area contributed by atoms with Gasteiger partial charge in [0.2, 0.25) is 0 Å². The second kappa shape index (κ2) is 54.5. The summed E-state index contributed by atoms with van der Waals surface area (Å²) >= 11 is 0. The van der Waals surface area contributed by atoms with Crippen LogP contribution >= 0.6 is 0 Å². The fourth-order valence-electron chi connectivity index (χ4n) is 7.69. The highest BCUT2D eigenvalue weighted by atomic mass is 16.6. The van der Waals surface area contributed by atoms with Crippen LogP contribution in [0.5, 0.6) is 0 Å². The molecule has 0 radical (unpaired) electrons. The molecule has 0 bridgehead atoms. The van der Waals surface area contributed by atoms with Gasteiger partial charge in [-0.15, -0.1) is 0 Å². The molecule has 1 unspecified atom stereocenters. The summed E-state index contributed by atoms with van der Waals surface area (Å²) in [4.78, 5) is 38.0. The van der Waals surface area contributed by atoms with E-state index in [1.165, 1.54) is 141 Å². The van der Waals surface area contributed by atoms with Crippen LogP contribution in [0.1, 0.15) is 271 Å². The maximum absolute atomic E-state index is 12.8. The quantitative estimate of drug-likeness (QED) is 0.0199. The van der Waals surface area contributed by atoms with Gasteiger partial charge in [-0.3, -0.25) is 14.4 Å². The molecule has 0 aromatic rings. The molecule has 0 saturated carbocycles. The highest BCUT2D eigenvalue weighted by molar-refractivity contribution is 5.71. The average molecular weight is 921 g/mol. The van der Waals surface area contributed by atoms with Crippen LogP contribution in [0.15, 0.2) is 72.9 Å². The lowest BCUT2D eigenvalue weighted by atomic mass is 10.1. The second-order valence-corrected chi connectivity index (χ2v) is 18.5. The predicted octanol–water partition coefficient (Wildman–Crippen LogP) is 18.6. The molecular weight excluding hydrogens is 817 g/mol. The molecular formula is C60H104O6. The van der Waals surface area contributed by atoms with Crippen LogP contribution in [0.2, 0.25) is 0 Å². The van der Waals surface area contributed by atoms with Gasteiger partial charge < -0.3 is 14.2 Å². The van der Waals surface area contributed by atoms with Gasteiger partial charge in [0.15, 0.2) is 6.10 Å². The summed E-state index contributed by atoms with van der Waals surface area (Å²) < 4.78 is 16.8. The Labute approximate surface area is 408 Å². The monoisotopic (exact) mass is 921 g/mol. The minimum absolute atomic E-state index is 0.104. The first kappa shape index (κ1) is 62.8. The fraction of sp³-hybridized carbons (Fsp3) is 0.750. The molecule has 0 aromatic heterocycles. The first-order valence-corrected chi connectivity index (χ1v) is 28.0. The van der Waals surface area contributed by atoms with Gasteiger partial charge in [0, 0.05) is 19.3 Å². The standard InChI is InChI=1S/C60H104O6/c1-4-7-10-13-16-19-22-25-27-29-31-32-35-38-41-44-47-50-53-59(62)65-56-57(55-64-58(61)52-49-46-43-40-37-34-24-21-18-15-12-9-6-3)66-60(63)54-51-48-45-42-39-36-33-30-28-26-23-20-17-14-11-8-5-2/h17,20,26-29,31-32,34,37,43,46,57H,4-16,18-19,21-25,30,33,35-36,38-42,44-45,47-56H2,1-3H3/b20-17-,28-26-,29-27-,32-31-,37-34-,46-43-. The van der Waals surface area contributed by atoms with Crippen molar-refractivity contribution in [3.8, 4) is 0 Å². The maximum atomic E-state index is 12.8. The molecule has 0 spiro atoms. The molecule has 0 aliphatic heterocycles. The normalized spacial score (nSPS) is 12.6. The third-order valence-corrected chi connectivity index (χ3v) is 11.9. The number of unbranched alkanes of at least 4 members (excludes halogenated alkanes) is 28. The van der Waals surface area contributed by atoms with Gasteiger partial charge in [0.05, 0.1) is 0 Å². The van der Waals surface area contributed by atoms with Gasteiger partial charge in [0.1, 0.15) is 13.2 Å². The number of carbonyl (C=O) groups is 3. The summed E-state index contributed by atoms with van der Waals surface area (Å²) in [5.41, 5.74) is 0. The van der Waals surface area contributed by atoms with Crippen molar-refractivity contribution < 1.29 is 28.6 Å². The van der Waals surface area contributed by atoms with Gasteiger partial charge in [0.25, 0.3) is 0 Å². The lowest BCUT2D eigenvalue weighted by Gasteiger charge is -2.18. The fourth-order valence-corrected chi connectivity index (χ4v) is 7.69. The molecule has 0 amide bonds. The number of hydrogen-bond acceptors (Lipinski definition) is 6. The molecule has 0 fully saturated rings. The first-order valence-electron chi connectivity index (χ1n) is 28.0. The minimum atomic E-state index is -0.809. The van der Waals surface area contributed by atoms with Crippen LogP contribution in [0.25, 0.3) is 0 Å². The zero-order chi connectivity index (χ0) is 47.9. The summed E-state index contributed by atoms with van der Waals surface area (Å²) in [5.74, 6) is -0.990. The van der Waals surface area contributed by atoms with Crippen LogP contribution < -0.4 is 0 Å². The van der Waals surface area contributed by atoms with Crippen LogP contribution in [-0.4, -0.2) is 37.2 Å². The van der Waals surface area contributed by atoms with Crippen LogP contribution in [0, 0.1) is 0 Å². The van der Waals surface area contributed by atoms with E-state index in [9.17, 15) is 14.4 Å². The number of rotatable bonds is 50. The van der Waals surface area contributed by atoms with Crippen molar-refractivity contribution in [2.45, 2.75) is 277 Å². The molecule has 0 aliphatic rings. The Morgan fingerprint density at radius 1 is 0.318 bits per heavy atom. The smallest absolute Gasteiger partial charge is 0.306 e. The number of allylic oxidation sites excluding steroid dienone is 12. The molecule has 66 heavy (non-hydrogen) atoms. The van der Waals surface area contributed by atoms with Crippen molar-refractivity contribution in [1.29, 1.82) is 0 Å². The van der Waals surface area contributed by atoms with Crippen molar-refractivity contribution in [3.63, 3.8) is 0 Å². The molecule has 0 heterocycles. The van der Waals surface area contributed by atoms with Gasteiger partial charge in [-0.05, 0) is 96.3 Å². The largest absolute Gasteiger partial charge is 0.462 e. The highest BCUT2D eigenvalue weighted by Gasteiger charge is 2.19. The van der Waals surface area contributed by atoms with E-state index < -0.39 is 6.10 Å². The Morgan fingerprint density at radius 2 is 0.621 bits per heavy atom. The van der Waals surface area contributed by atoms with E-state index in [0.717, 1.165) is 83.5 Å². The van der Waals surface area contributed by atoms with Crippen molar-refractivity contribution in [1.82, 2.24) is 0 Å². The maximum Gasteiger partial charge on any atom is 0.306 e. The van der Waals surface area contributed by atoms with Gasteiger partial charge in [-0.2, -0.15) is 0 Å².